The largest absolute Gasteiger partial charge is 0.462 e. The lowest BCUT2D eigenvalue weighted by Crippen LogP contribution is -2.30. The van der Waals surface area contributed by atoms with Crippen LogP contribution in [0.5, 0.6) is 0 Å². The van der Waals surface area contributed by atoms with Gasteiger partial charge in [0.25, 0.3) is 0 Å². The number of carbonyl (C=O) groups is 2. The molecule has 0 spiro atoms. The van der Waals surface area contributed by atoms with E-state index in [9.17, 15) is 14.0 Å². The lowest BCUT2D eigenvalue weighted by Gasteiger charge is -2.20. The summed E-state index contributed by atoms with van der Waals surface area (Å²) in [6.45, 7) is 5.92. The molecule has 0 bridgehead atoms. The second-order valence-electron chi connectivity index (χ2n) is 5.49. The van der Waals surface area contributed by atoms with Crippen molar-refractivity contribution in [2.45, 2.75) is 40.2 Å². The highest BCUT2D eigenvalue weighted by Crippen LogP contribution is 2.29. The number of thiazole rings is 1. The predicted octanol–water partition coefficient (Wildman–Crippen LogP) is 4.10. The van der Waals surface area contributed by atoms with Gasteiger partial charge in [0.05, 0.1) is 18.8 Å². The number of hydrogen-bond acceptors (Lipinski definition) is 5. The molecule has 0 saturated carbocycles. The van der Waals surface area contributed by atoms with Gasteiger partial charge >= 0.3 is 5.97 Å². The zero-order valence-electron chi connectivity index (χ0n) is 14.5. The average Bonchev–Trinajstić information content (AvgIpc) is 2.96. The molecular weight excluding hydrogens is 343 g/mol. The first-order chi connectivity index (χ1) is 12.0. The van der Waals surface area contributed by atoms with Crippen LogP contribution in [0.15, 0.2) is 24.3 Å². The maximum atomic E-state index is 13.1. The Balaban J connectivity index is 2.32. The number of esters is 1. The maximum absolute atomic E-state index is 13.1. The minimum atomic E-state index is -0.437. The van der Waals surface area contributed by atoms with E-state index in [0.717, 1.165) is 16.9 Å². The molecule has 0 aliphatic carbocycles. The van der Waals surface area contributed by atoms with Gasteiger partial charge in [0.1, 0.15) is 10.7 Å². The molecule has 1 aromatic carbocycles. The maximum Gasteiger partial charge on any atom is 0.350 e. The Labute approximate surface area is 150 Å². The summed E-state index contributed by atoms with van der Waals surface area (Å²) in [5.74, 6) is -0.853. The lowest BCUT2D eigenvalue weighted by atomic mass is 10.2. The summed E-state index contributed by atoms with van der Waals surface area (Å²) in [7, 11) is 0. The number of rotatable bonds is 7. The van der Waals surface area contributed by atoms with Crippen molar-refractivity contribution < 1.29 is 18.7 Å². The Kier molecular flexibility index (Phi) is 6.64. The molecule has 2 rings (SSSR count). The van der Waals surface area contributed by atoms with Gasteiger partial charge in [-0.25, -0.2) is 14.2 Å². The SMILES string of the molecule is CCCC(=O)N(Cc1ccc(F)cc1)c1nc(C)c(C(=O)OCC)s1. The van der Waals surface area contributed by atoms with Crippen molar-refractivity contribution in [3.8, 4) is 0 Å². The Bertz CT molecular complexity index is 743. The van der Waals surface area contributed by atoms with E-state index in [2.05, 4.69) is 4.98 Å². The fraction of sp³-hybridized carbons (Fsp3) is 0.389. The van der Waals surface area contributed by atoms with Gasteiger partial charge in [0, 0.05) is 6.42 Å². The predicted molar refractivity (Wildman–Crippen MR) is 95.3 cm³/mol. The normalized spacial score (nSPS) is 10.6. The first kappa shape index (κ1) is 19.1. The van der Waals surface area contributed by atoms with Crippen LogP contribution >= 0.6 is 11.3 Å². The first-order valence-electron chi connectivity index (χ1n) is 8.15. The van der Waals surface area contributed by atoms with Crippen LogP contribution in [0, 0.1) is 12.7 Å². The van der Waals surface area contributed by atoms with Crippen molar-refractivity contribution in [2.24, 2.45) is 0 Å². The fourth-order valence-corrected chi connectivity index (χ4v) is 3.24. The second-order valence-corrected chi connectivity index (χ2v) is 6.47. The zero-order valence-corrected chi connectivity index (χ0v) is 15.4. The zero-order chi connectivity index (χ0) is 18.4. The molecule has 5 nitrogen and oxygen atoms in total. The van der Waals surface area contributed by atoms with Gasteiger partial charge < -0.3 is 4.74 Å². The third-order valence-corrected chi connectivity index (χ3v) is 4.66. The Hall–Kier alpha value is -2.28. The van der Waals surface area contributed by atoms with Crippen molar-refractivity contribution >= 4 is 28.3 Å². The molecule has 0 atom stereocenters. The van der Waals surface area contributed by atoms with Crippen molar-refractivity contribution in [1.29, 1.82) is 0 Å². The van der Waals surface area contributed by atoms with Crippen LogP contribution in [-0.2, 0) is 16.1 Å². The van der Waals surface area contributed by atoms with Gasteiger partial charge in [-0.05, 0) is 38.0 Å². The summed E-state index contributed by atoms with van der Waals surface area (Å²) in [6.07, 6.45) is 1.07. The van der Waals surface area contributed by atoms with Crippen LogP contribution in [0.2, 0.25) is 0 Å². The monoisotopic (exact) mass is 364 g/mol. The molecule has 0 fully saturated rings. The number of hydrogen-bond donors (Lipinski definition) is 0. The van der Waals surface area contributed by atoms with Crippen LogP contribution in [0.4, 0.5) is 9.52 Å². The van der Waals surface area contributed by atoms with E-state index in [4.69, 9.17) is 4.74 Å². The summed E-state index contributed by atoms with van der Waals surface area (Å²) in [6, 6.07) is 5.98. The highest BCUT2D eigenvalue weighted by Gasteiger charge is 2.23. The van der Waals surface area contributed by atoms with E-state index in [-0.39, 0.29) is 24.9 Å². The molecule has 0 aliphatic rings. The van der Waals surface area contributed by atoms with Crippen molar-refractivity contribution in [3.05, 3.63) is 46.2 Å². The van der Waals surface area contributed by atoms with Crippen LogP contribution in [0.1, 0.15) is 47.6 Å². The average molecular weight is 364 g/mol. The van der Waals surface area contributed by atoms with Crippen molar-refractivity contribution in [2.75, 3.05) is 11.5 Å². The number of anilines is 1. The van der Waals surface area contributed by atoms with Crippen LogP contribution in [-0.4, -0.2) is 23.5 Å². The van der Waals surface area contributed by atoms with Crippen LogP contribution in [0.3, 0.4) is 0 Å². The Morgan fingerprint density at radius 3 is 2.52 bits per heavy atom. The minimum absolute atomic E-state index is 0.0871. The number of aromatic nitrogens is 1. The number of nitrogens with zero attached hydrogens (tertiary/aromatic N) is 2. The Morgan fingerprint density at radius 1 is 1.24 bits per heavy atom. The van der Waals surface area contributed by atoms with Gasteiger partial charge in [-0.3, -0.25) is 9.69 Å². The fourth-order valence-electron chi connectivity index (χ4n) is 2.27. The highest BCUT2D eigenvalue weighted by molar-refractivity contribution is 7.17. The molecular formula is C18H21FN2O3S. The second kappa shape index (κ2) is 8.71. The van der Waals surface area contributed by atoms with E-state index in [1.807, 2.05) is 6.92 Å². The van der Waals surface area contributed by atoms with E-state index in [1.54, 1.807) is 26.0 Å². The number of amides is 1. The number of halogens is 1. The van der Waals surface area contributed by atoms with Gasteiger partial charge in [-0.15, -0.1) is 0 Å². The summed E-state index contributed by atoms with van der Waals surface area (Å²) >= 11 is 1.14. The molecule has 0 N–H and O–H groups in total. The minimum Gasteiger partial charge on any atom is -0.462 e. The number of ether oxygens (including phenoxy) is 1. The third kappa shape index (κ3) is 4.85. The lowest BCUT2D eigenvalue weighted by molar-refractivity contribution is -0.118. The molecule has 1 aromatic heterocycles. The molecule has 1 heterocycles. The molecule has 0 radical (unpaired) electrons. The number of aryl methyl sites for hydroxylation is 1. The molecule has 0 aliphatic heterocycles. The molecule has 2 aromatic rings. The van der Waals surface area contributed by atoms with Crippen LogP contribution in [0.25, 0.3) is 0 Å². The Morgan fingerprint density at radius 2 is 1.92 bits per heavy atom. The van der Waals surface area contributed by atoms with E-state index >= 15 is 0 Å². The van der Waals surface area contributed by atoms with E-state index in [0.29, 0.717) is 28.5 Å². The molecule has 1 amide bonds. The topological polar surface area (TPSA) is 59.5 Å². The highest BCUT2D eigenvalue weighted by atomic mass is 32.1. The van der Waals surface area contributed by atoms with Crippen LogP contribution < -0.4 is 4.90 Å². The van der Waals surface area contributed by atoms with Crippen molar-refractivity contribution in [1.82, 2.24) is 4.98 Å². The summed E-state index contributed by atoms with van der Waals surface area (Å²) in [5, 5.41) is 0.448. The molecule has 0 saturated heterocycles. The van der Waals surface area contributed by atoms with Gasteiger partial charge in [0.15, 0.2) is 5.13 Å². The third-order valence-electron chi connectivity index (χ3n) is 3.50. The summed E-state index contributed by atoms with van der Waals surface area (Å²) in [5.41, 5.74) is 1.32. The summed E-state index contributed by atoms with van der Waals surface area (Å²) in [4.78, 5) is 30.8. The quantitative estimate of drug-likeness (QED) is 0.694. The molecule has 134 valence electrons. The van der Waals surface area contributed by atoms with E-state index < -0.39 is 5.97 Å². The van der Waals surface area contributed by atoms with E-state index in [1.165, 1.54) is 17.0 Å². The van der Waals surface area contributed by atoms with Gasteiger partial charge in [-0.1, -0.05) is 30.4 Å². The summed E-state index contributed by atoms with van der Waals surface area (Å²) < 4.78 is 18.1. The van der Waals surface area contributed by atoms with Gasteiger partial charge in [0.2, 0.25) is 5.91 Å². The number of carbonyl (C=O) groups excluding carboxylic acids is 2. The molecule has 25 heavy (non-hydrogen) atoms. The first-order valence-corrected chi connectivity index (χ1v) is 8.97. The van der Waals surface area contributed by atoms with Gasteiger partial charge in [-0.2, -0.15) is 0 Å². The molecule has 7 heteroatoms. The molecule has 0 unspecified atom stereocenters. The smallest absolute Gasteiger partial charge is 0.350 e. The van der Waals surface area contributed by atoms with Crippen molar-refractivity contribution in [3.63, 3.8) is 0 Å². The number of benzene rings is 1. The standard InChI is InChI=1S/C18H21FN2O3S/c1-4-6-15(22)21(11-13-7-9-14(19)10-8-13)18-20-12(3)16(25-18)17(23)24-5-2/h7-10H,4-6,11H2,1-3H3.